The number of rotatable bonds is 0. The van der Waals surface area contributed by atoms with Gasteiger partial charge in [0.2, 0.25) is 0 Å². The summed E-state index contributed by atoms with van der Waals surface area (Å²) in [4.78, 5) is 0.693. The molecule has 12 heavy (non-hydrogen) atoms. The topological polar surface area (TPSA) is 0 Å². The molecule has 2 aromatic rings. The molecule has 0 radical (unpaired) electrons. The van der Waals surface area contributed by atoms with E-state index in [1.165, 1.54) is 11.3 Å². The maximum atomic E-state index is 13.3. The van der Waals surface area contributed by atoms with Crippen LogP contribution in [0.5, 0.6) is 0 Å². The Kier molecular flexibility index (Phi) is 1.81. The zero-order valence-corrected chi connectivity index (χ0v) is 7.97. The Labute approximate surface area is 78.6 Å². The maximum Gasteiger partial charge on any atom is 0.146 e. The first-order valence-electron chi connectivity index (χ1n) is 3.53. The van der Waals surface area contributed by atoms with E-state index in [-0.39, 0.29) is 5.82 Å². The van der Waals surface area contributed by atoms with E-state index in [9.17, 15) is 4.39 Å². The van der Waals surface area contributed by atoms with Crippen LogP contribution in [-0.4, -0.2) is 0 Å². The Morgan fingerprint density at radius 2 is 2.17 bits per heavy atom. The van der Waals surface area contributed by atoms with Crippen LogP contribution < -0.4 is 0 Å². The Hall–Kier alpha value is -0.600. The van der Waals surface area contributed by atoms with Gasteiger partial charge in [-0.15, -0.1) is 11.3 Å². The molecule has 0 aliphatic rings. The number of fused-ring (bicyclic) bond motifs is 1. The van der Waals surface area contributed by atoms with Crippen molar-refractivity contribution in [3.05, 3.63) is 33.9 Å². The summed E-state index contributed by atoms with van der Waals surface area (Å²) >= 11 is 7.28. The first-order chi connectivity index (χ1) is 5.70. The minimum Gasteiger partial charge on any atom is -0.205 e. The molecule has 1 aromatic heterocycles. The number of hydrogen-bond donors (Lipinski definition) is 0. The van der Waals surface area contributed by atoms with E-state index in [1.807, 2.05) is 12.1 Å². The number of hydrogen-bond acceptors (Lipinski definition) is 1. The third kappa shape index (κ3) is 1.03. The summed E-state index contributed by atoms with van der Waals surface area (Å²) in [5.74, 6) is -0.180. The highest BCUT2D eigenvalue weighted by atomic mass is 35.5. The highest BCUT2D eigenvalue weighted by Crippen LogP contribution is 2.33. The van der Waals surface area contributed by atoms with Crippen molar-refractivity contribution in [3.63, 3.8) is 0 Å². The van der Waals surface area contributed by atoms with E-state index in [4.69, 9.17) is 11.6 Å². The standard InChI is InChI=1S/C9H6ClFS/c1-5-9(11)8-6(10)3-2-4-7(8)12-5/h2-4H,1H3. The molecule has 0 bridgehead atoms. The van der Waals surface area contributed by atoms with Crippen LogP contribution in [0.15, 0.2) is 18.2 Å². The highest BCUT2D eigenvalue weighted by Gasteiger charge is 2.10. The van der Waals surface area contributed by atoms with Gasteiger partial charge in [0.25, 0.3) is 0 Å². The molecule has 62 valence electrons. The van der Waals surface area contributed by atoms with Gasteiger partial charge in [0.15, 0.2) is 0 Å². The van der Waals surface area contributed by atoms with Crippen LogP contribution in [0.4, 0.5) is 4.39 Å². The third-order valence-electron chi connectivity index (χ3n) is 1.77. The Bertz CT molecular complexity index is 433. The molecule has 3 heteroatoms. The molecule has 0 saturated carbocycles. The molecule has 1 heterocycles. The fourth-order valence-electron chi connectivity index (χ4n) is 1.19. The van der Waals surface area contributed by atoms with Gasteiger partial charge in [0.1, 0.15) is 5.82 Å². The molecule has 0 aliphatic heterocycles. The van der Waals surface area contributed by atoms with Crippen LogP contribution in [0, 0.1) is 12.7 Å². The van der Waals surface area contributed by atoms with Crippen LogP contribution in [-0.2, 0) is 0 Å². The van der Waals surface area contributed by atoms with Crippen molar-refractivity contribution in [2.45, 2.75) is 6.92 Å². The van der Waals surface area contributed by atoms with Crippen molar-refractivity contribution < 1.29 is 4.39 Å². The second kappa shape index (κ2) is 2.71. The number of aryl methyl sites for hydroxylation is 1. The Morgan fingerprint density at radius 1 is 1.42 bits per heavy atom. The van der Waals surface area contributed by atoms with Crippen molar-refractivity contribution >= 4 is 33.0 Å². The van der Waals surface area contributed by atoms with E-state index >= 15 is 0 Å². The number of halogens is 2. The van der Waals surface area contributed by atoms with E-state index in [0.29, 0.717) is 15.3 Å². The minimum atomic E-state index is -0.180. The first-order valence-corrected chi connectivity index (χ1v) is 4.72. The van der Waals surface area contributed by atoms with Crippen molar-refractivity contribution in [1.82, 2.24) is 0 Å². The fourth-order valence-corrected chi connectivity index (χ4v) is 2.47. The third-order valence-corrected chi connectivity index (χ3v) is 3.13. The normalized spacial score (nSPS) is 10.9. The molecule has 0 aliphatic carbocycles. The highest BCUT2D eigenvalue weighted by molar-refractivity contribution is 7.19. The first kappa shape index (κ1) is 8.02. The predicted octanol–water partition coefficient (Wildman–Crippen LogP) is 4.00. The van der Waals surface area contributed by atoms with Crippen molar-refractivity contribution in [2.24, 2.45) is 0 Å². The van der Waals surface area contributed by atoms with Gasteiger partial charge in [-0.1, -0.05) is 17.7 Å². The Morgan fingerprint density at radius 3 is 2.83 bits per heavy atom. The maximum absolute atomic E-state index is 13.3. The molecule has 0 nitrogen and oxygen atoms in total. The lowest BCUT2D eigenvalue weighted by molar-refractivity contribution is 0.636. The lowest BCUT2D eigenvalue weighted by Crippen LogP contribution is -1.72. The van der Waals surface area contributed by atoms with Gasteiger partial charge in [-0.25, -0.2) is 4.39 Å². The van der Waals surface area contributed by atoms with Gasteiger partial charge in [-0.05, 0) is 19.1 Å². The van der Waals surface area contributed by atoms with Crippen LogP contribution >= 0.6 is 22.9 Å². The molecule has 2 rings (SSSR count). The van der Waals surface area contributed by atoms with Gasteiger partial charge in [0, 0.05) is 15.0 Å². The summed E-state index contributed by atoms with van der Waals surface area (Å²) in [6, 6.07) is 5.42. The van der Waals surface area contributed by atoms with Gasteiger partial charge < -0.3 is 0 Å². The van der Waals surface area contributed by atoms with Gasteiger partial charge in [-0.2, -0.15) is 0 Å². The lowest BCUT2D eigenvalue weighted by Gasteiger charge is -1.91. The summed E-state index contributed by atoms with van der Waals surface area (Å²) in [6.07, 6.45) is 0. The van der Waals surface area contributed by atoms with Crippen LogP contribution in [0.1, 0.15) is 4.88 Å². The number of thiophene rings is 1. The van der Waals surface area contributed by atoms with Crippen LogP contribution in [0.25, 0.3) is 10.1 Å². The van der Waals surface area contributed by atoms with E-state index in [1.54, 1.807) is 13.0 Å². The Balaban J connectivity index is 2.97. The second-order valence-electron chi connectivity index (χ2n) is 2.59. The second-order valence-corrected chi connectivity index (χ2v) is 4.25. The average Bonchev–Trinajstić information content (AvgIpc) is 2.29. The molecular formula is C9H6ClFS. The van der Waals surface area contributed by atoms with Crippen LogP contribution in [0.2, 0.25) is 5.02 Å². The molecule has 0 saturated heterocycles. The van der Waals surface area contributed by atoms with Crippen molar-refractivity contribution in [2.75, 3.05) is 0 Å². The van der Waals surface area contributed by atoms with E-state index in [0.717, 1.165) is 4.70 Å². The summed E-state index contributed by atoms with van der Waals surface area (Å²) in [6.45, 7) is 1.76. The minimum absolute atomic E-state index is 0.180. The lowest BCUT2D eigenvalue weighted by atomic mass is 10.2. The predicted molar refractivity (Wildman–Crippen MR) is 51.5 cm³/mol. The molecule has 0 unspecified atom stereocenters. The van der Waals surface area contributed by atoms with Crippen molar-refractivity contribution in [3.8, 4) is 0 Å². The zero-order chi connectivity index (χ0) is 8.72. The largest absolute Gasteiger partial charge is 0.205 e. The quantitative estimate of drug-likeness (QED) is 0.603. The van der Waals surface area contributed by atoms with Gasteiger partial charge in [0.05, 0.1) is 5.02 Å². The smallest absolute Gasteiger partial charge is 0.146 e. The zero-order valence-electron chi connectivity index (χ0n) is 6.40. The van der Waals surface area contributed by atoms with Crippen LogP contribution in [0.3, 0.4) is 0 Å². The molecule has 1 aromatic carbocycles. The summed E-state index contributed by atoms with van der Waals surface area (Å²) < 4.78 is 14.3. The number of benzene rings is 1. The average molecular weight is 201 g/mol. The monoisotopic (exact) mass is 200 g/mol. The summed E-state index contributed by atoms with van der Waals surface area (Å²) in [7, 11) is 0. The van der Waals surface area contributed by atoms with Crippen molar-refractivity contribution in [1.29, 1.82) is 0 Å². The van der Waals surface area contributed by atoms with Gasteiger partial charge in [-0.3, -0.25) is 0 Å². The fraction of sp³-hybridized carbons (Fsp3) is 0.111. The molecule has 0 spiro atoms. The molecule has 0 fully saturated rings. The molecule has 0 atom stereocenters. The SMILES string of the molecule is Cc1sc2cccc(Cl)c2c1F. The van der Waals surface area contributed by atoms with Gasteiger partial charge >= 0.3 is 0 Å². The summed E-state index contributed by atoms with van der Waals surface area (Å²) in [5, 5.41) is 1.05. The summed E-state index contributed by atoms with van der Waals surface area (Å²) in [5.41, 5.74) is 0. The van der Waals surface area contributed by atoms with E-state index < -0.39 is 0 Å². The van der Waals surface area contributed by atoms with E-state index in [2.05, 4.69) is 0 Å². The molecule has 0 N–H and O–H groups in total. The molecule has 0 amide bonds. The molecular weight excluding hydrogens is 195 g/mol.